The van der Waals surface area contributed by atoms with Gasteiger partial charge in [-0.15, -0.1) is 0 Å². The Balaban J connectivity index is 2.35. The van der Waals surface area contributed by atoms with Crippen molar-refractivity contribution in [3.8, 4) is 5.75 Å². The van der Waals surface area contributed by atoms with Gasteiger partial charge in [0, 0.05) is 11.1 Å². The van der Waals surface area contributed by atoms with E-state index in [1.54, 1.807) is 6.07 Å². The fourth-order valence-corrected chi connectivity index (χ4v) is 2.47. The quantitative estimate of drug-likeness (QED) is 0.715. The molecule has 1 fully saturated rings. The summed E-state index contributed by atoms with van der Waals surface area (Å²) in [4.78, 5) is 0. The van der Waals surface area contributed by atoms with Crippen LogP contribution >= 0.6 is 0 Å². The van der Waals surface area contributed by atoms with Gasteiger partial charge in [0.15, 0.2) is 0 Å². The Morgan fingerprint density at radius 3 is 2.71 bits per heavy atom. The molecule has 0 aliphatic heterocycles. The smallest absolute Gasteiger partial charge is 0.120 e. The van der Waals surface area contributed by atoms with Crippen molar-refractivity contribution in [1.82, 2.24) is 0 Å². The number of phenols is 1. The molecule has 1 saturated carbocycles. The highest BCUT2D eigenvalue weighted by Crippen LogP contribution is 2.42. The minimum atomic E-state index is -0.301. The standard InChI is InChI=1S/C12H17NO/c1-9-6-7-12(13,8-9)10-4-2-3-5-11(10)14/h2-5,9,14H,6-8,13H2,1H3. The maximum atomic E-state index is 9.74. The summed E-state index contributed by atoms with van der Waals surface area (Å²) in [5, 5.41) is 9.74. The van der Waals surface area contributed by atoms with Crippen LogP contribution in [0.15, 0.2) is 24.3 Å². The lowest BCUT2D eigenvalue weighted by Crippen LogP contribution is -2.33. The molecule has 1 aliphatic rings. The van der Waals surface area contributed by atoms with E-state index in [0.29, 0.717) is 11.7 Å². The van der Waals surface area contributed by atoms with E-state index >= 15 is 0 Å². The Labute approximate surface area is 84.7 Å². The highest BCUT2D eigenvalue weighted by molar-refractivity contribution is 5.38. The summed E-state index contributed by atoms with van der Waals surface area (Å²) in [5.41, 5.74) is 6.92. The van der Waals surface area contributed by atoms with Crippen LogP contribution in [-0.4, -0.2) is 5.11 Å². The van der Waals surface area contributed by atoms with Gasteiger partial charge in [0.1, 0.15) is 5.75 Å². The second kappa shape index (κ2) is 3.28. The Hall–Kier alpha value is -1.02. The Morgan fingerprint density at radius 1 is 1.43 bits per heavy atom. The molecule has 2 atom stereocenters. The molecule has 3 N–H and O–H groups in total. The molecule has 0 aromatic heterocycles. The Bertz CT molecular complexity index is 337. The average molecular weight is 191 g/mol. The number of hydrogen-bond acceptors (Lipinski definition) is 2. The zero-order valence-electron chi connectivity index (χ0n) is 8.53. The summed E-state index contributed by atoms with van der Waals surface area (Å²) in [7, 11) is 0. The van der Waals surface area contributed by atoms with E-state index in [4.69, 9.17) is 5.73 Å². The van der Waals surface area contributed by atoms with Crippen molar-refractivity contribution in [2.45, 2.75) is 31.7 Å². The van der Waals surface area contributed by atoms with Gasteiger partial charge in [-0.2, -0.15) is 0 Å². The average Bonchev–Trinajstić information content (AvgIpc) is 2.48. The third-order valence-electron chi connectivity index (χ3n) is 3.24. The maximum Gasteiger partial charge on any atom is 0.120 e. The van der Waals surface area contributed by atoms with Crippen LogP contribution in [0.4, 0.5) is 0 Å². The van der Waals surface area contributed by atoms with Crippen LogP contribution in [0.1, 0.15) is 31.7 Å². The number of rotatable bonds is 1. The molecule has 2 heteroatoms. The lowest BCUT2D eigenvalue weighted by molar-refractivity contribution is 0.399. The van der Waals surface area contributed by atoms with E-state index in [-0.39, 0.29) is 5.54 Å². The number of nitrogens with two attached hydrogens (primary N) is 1. The molecular formula is C12H17NO. The molecular weight excluding hydrogens is 174 g/mol. The first-order chi connectivity index (χ1) is 6.62. The van der Waals surface area contributed by atoms with Gasteiger partial charge in [-0.25, -0.2) is 0 Å². The molecule has 2 nitrogen and oxygen atoms in total. The fraction of sp³-hybridized carbons (Fsp3) is 0.500. The topological polar surface area (TPSA) is 46.2 Å². The van der Waals surface area contributed by atoms with Crippen LogP contribution in [0.2, 0.25) is 0 Å². The van der Waals surface area contributed by atoms with E-state index in [1.807, 2.05) is 18.2 Å². The van der Waals surface area contributed by atoms with E-state index in [9.17, 15) is 5.11 Å². The van der Waals surface area contributed by atoms with Crippen molar-refractivity contribution in [3.05, 3.63) is 29.8 Å². The van der Waals surface area contributed by atoms with Crippen LogP contribution < -0.4 is 5.73 Å². The normalized spacial score (nSPS) is 32.0. The molecule has 2 unspecified atom stereocenters. The highest BCUT2D eigenvalue weighted by Gasteiger charge is 2.36. The molecule has 76 valence electrons. The molecule has 0 bridgehead atoms. The van der Waals surface area contributed by atoms with Gasteiger partial charge in [-0.3, -0.25) is 0 Å². The van der Waals surface area contributed by atoms with Crippen LogP contribution in [0.5, 0.6) is 5.75 Å². The van der Waals surface area contributed by atoms with Crippen LogP contribution in [0, 0.1) is 5.92 Å². The van der Waals surface area contributed by atoms with Gasteiger partial charge in [-0.1, -0.05) is 25.1 Å². The maximum absolute atomic E-state index is 9.74. The lowest BCUT2D eigenvalue weighted by atomic mass is 9.88. The fourth-order valence-electron chi connectivity index (χ4n) is 2.47. The summed E-state index contributed by atoms with van der Waals surface area (Å²) in [6, 6.07) is 7.42. The van der Waals surface area contributed by atoms with Crippen molar-refractivity contribution in [1.29, 1.82) is 0 Å². The molecule has 1 aromatic rings. The minimum Gasteiger partial charge on any atom is -0.508 e. The van der Waals surface area contributed by atoms with Crippen molar-refractivity contribution < 1.29 is 5.11 Å². The second-order valence-electron chi connectivity index (χ2n) is 4.52. The van der Waals surface area contributed by atoms with E-state index < -0.39 is 0 Å². The zero-order valence-corrected chi connectivity index (χ0v) is 8.53. The highest BCUT2D eigenvalue weighted by atomic mass is 16.3. The molecule has 0 amide bonds. The largest absolute Gasteiger partial charge is 0.508 e. The number of aromatic hydroxyl groups is 1. The van der Waals surface area contributed by atoms with E-state index in [0.717, 1.165) is 24.8 Å². The van der Waals surface area contributed by atoms with E-state index in [2.05, 4.69) is 6.92 Å². The molecule has 0 saturated heterocycles. The van der Waals surface area contributed by atoms with Gasteiger partial charge in [0.25, 0.3) is 0 Å². The number of hydrogen-bond donors (Lipinski definition) is 2. The van der Waals surface area contributed by atoms with Crippen molar-refractivity contribution in [2.75, 3.05) is 0 Å². The second-order valence-corrected chi connectivity index (χ2v) is 4.52. The lowest BCUT2D eigenvalue weighted by Gasteiger charge is -2.25. The Kier molecular flexibility index (Phi) is 2.23. The van der Waals surface area contributed by atoms with Gasteiger partial charge in [0.05, 0.1) is 0 Å². The summed E-state index contributed by atoms with van der Waals surface area (Å²) in [5.74, 6) is 1.00. The number of phenolic OH excluding ortho intramolecular Hbond substituents is 1. The monoisotopic (exact) mass is 191 g/mol. The van der Waals surface area contributed by atoms with Crippen molar-refractivity contribution in [3.63, 3.8) is 0 Å². The third-order valence-corrected chi connectivity index (χ3v) is 3.24. The molecule has 0 heterocycles. The summed E-state index contributed by atoms with van der Waals surface area (Å²) < 4.78 is 0. The number of benzene rings is 1. The summed E-state index contributed by atoms with van der Waals surface area (Å²) in [6.07, 6.45) is 3.11. The number of para-hydroxylation sites is 1. The predicted molar refractivity (Wildman–Crippen MR) is 57.0 cm³/mol. The SMILES string of the molecule is CC1CCC(N)(c2ccccc2O)C1. The Morgan fingerprint density at radius 2 is 2.14 bits per heavy atom. The molecule has 1 aliphatic carbocycles. The van der Waals surface area contributed by atoms with Crippen molar-refractivity contribution >= 4 is 0 Å². The molecule has 0 spiro atoms. The summed E-state index contributed by atoms with van der Waals surface area (Å²) >= 11 is 0. The predicted octanol–water partition coefficient (Wildman–Crippen LogP) is 2.37. The van der Waals surface area contributed by atoms with Gasteiger partial charge in [0.2, 0.25) is 0 Å². The van der Waals surface area contributed by atoms with Crippen LogP contribution in [-0.2, 0) is 5.54 Å². The molecule has 1 aromatic carbocycles. The van der Waals surface area contributed by atoms with Gasteiger partial charge < -0.3 is 10.8 Å². The molecule has 2 rings (SSSR count). The molecule has 14 heavy (non-hydrogen) atoms. The van der Waals surface area contributed by atoms with Gasteiger partial charge in [-0.05, 0) is 31.2 Å². The first-order valence-corrected chi connectivity index (χ1v) is 5.19. The minimum absolute atomic E-state index is 0.301. The summed E-state index contributed by atoms with van der Waals surface area (Å²) in [6.45, 7) is 2.22. The van der Waals surface area contributed by atoms with E-state index in [1.165, 1.54) is 0 Å². The van der Waals surface area contributed by atoms with Crippen LogP contribution in [0.3, 0.4) is 0 Å². The zero-order chi connectivity index (χ0) is 10.2. The van der Waals surface area contributed by atoms with Crippen LogP contribution in [0.25, 0.3) is 0 Å². The van der Waals surface area contributed by atoms with Gasteiger partial charge >= 0.3 is 0 Å². The molecule has 0 radical (unpaired) electrons. The first-order valence-electron chi connectivity index (χ1n) is 5.19. The first kappa shape index (κ1) is 9.53. The third kappa shape index (κ3) is 1.50. The van der Waals surface area contributed by atoms with Crippen molar-refractivity contribution in [2.24, 2.45) is 11.7 Å².